The molecule has 0 atom stereocenters. The molecule has 4 nitrogen and oxygen atoms in total. The molecule has 2 rings (SSSR count). The predicted octanol–water partition coefficient (Wildman–Crippen LogP) is 3.01. The van der Waals surface area contributed by atoms with Crippen LogP contribution in [0.4, 0.5) is 5.82 Å². The van der Waals surface area contributed by atoms with Crippen molar-refractivity contribution in [1.29, 1.82) is 0 Å². The van der Waals surface area contributed by atoms with Crippen LogP contribution in [-0.4, -0.2) is 22.0 Å². The number of aryl methyl sites for hydroxylation is 1. The summed E-state index contributed by atoms with van der Waals surface area (Å²) in [4.78, 5) is 13.3. The lowest BCUT2D eigenvalue weighted by atomic mass is 10.1. The van der Waals surface area contributed by atoms with Gasteiger partial charge in [0.2, 0.25) is 0 Å². The number of aromatic nitrogens is 3. The van der Waals surface area contributed by atoms with Crippen LogP contribution >= 0.6 is 0 Å². The molecule has 0 amide bonds. The van der Waals surface area contributed by atoms with E-state index in [1.165, 1.54) is 5.56 Å². The van der Waals surface area contributed by atoms with E-state index in [-0.39, 0.29) is 0 Å². The molecule has 2 aromatic rings. The first-order valence-electron chi connectivity index (χ1n) is 6.09. The molecule has 18 heavy (non-hydrogen) atoms. The van der Waals surface area contributed by atoms with Crippen molar-refractivity contribution in [3.05, 3.63) is 35.9 Å². The van der Waals surface area contributed by atoms with E-state index in [9.17, 15) is 0 Å². The number of rotatable bonds is 3. The van der Waals surface area contributed by atoms with Gasteiger partial charge < -0.3 is 5.32 Å². The van der Waals surface area contributed by atoms with Crippen LogP contribution in [0.2, 0.25) is 0 Å². The molecule has 0 unspecified atom stereocenters. The highest BCUT2D eigenvalue weighted by Gasteiger charge is 2.10. The zero-order chi connectivity index (χ0) is 13.1. The molecular weight excluding hydrogens is 224 g/mol. The summed E-state index contributed by atoms with van der Waals surface area (Å²) in [5.74, 6) is 1.99. The van der Waals surface area contributed by atoms with E-state index >= 15 is 0 Å². The lowest BCUT2D eigenvalue weighted by Gasteiger charge is -2.11. The van der Waals surface area contributed by atoms with E-state index in [1.807, 2.05) is 25.4 Å². The quantitative estimate of drug-likeness (QED) is 0.898. The molecule has 0 radical (unpaired) electrons. The molecule has 4 heteroatoms. The molecule has 2 heterocycles. The fourth-order valence-corrected chi connectivity index (χ4v) is 1.72. The third-order valence-corrected chi connectivity index (χ3v) is 2.83. The van der Waals surface area contributed by atoms with E-state index in [1.54, 1.807) is 6.20 Å². The lowest BCUT2D eigenvalue weighted by molar-refractivity contribution is 0.777. The maximum atomic E-state index is 4.62. The highest BCUT2D eigenvalue weighted by atomic mass is 15.0. The van der Waals surface area contributed by atoms with E-state index in [0.717, 1.165) is 22.9 Å². The van der Waals surface area contributed by atoms with Crippen LogP contribution in [0.25, 0.3) is 11.3 Å². The minimum absolute atomic E-state index is 0.300. The summed E-state index contributed by atoms with van der Waals surface area (Å²) in [5.41, 5.74) is 3.14. The van der Waals surface area contributed by atoms with Crippen LogP contribution in [-0.2, 0) is 0 Å². The number of anilines is 1. The van der Waals surface area contributed by atoms with Crippen LogP contribution in [0.3, 0.4) is 0 Å². The monoisotopic (exact) mass is 242 g/mol. The van der Waals surface area contributed by atoms with E-state index in [4.69, 9.17) is 0 Å². The summed E-state index contributed by atoms with van der Waals surface area (Å²) >= 11 is 0. The Hall–Kier alpha value is -1.97. The van der Waals surface area contributed by atoms with Gasteiger partial charge in [0.15, 0.2) is 0 Å². The first-order chi connectivity index (χ1) is 8.61. The van der Waals surface area contributed by atoms with Crippen LogP contribution in [0.1, 0.15) is 31.2 Å². The van der Waals surface area contributed by atoms with Crippen LogP contribution < -0.4 is 5.32 Å². The second kappa shape index (κ2) is 5.12. The normalized spacial score (nSPS) is 10.7. The molecule has 94 valence electrons. The van der Waals surface area contributed by atoms with Crippen molar-refractivity contribution in [2.45, 2.75) is 26.7 Å². The van der Waals surface area contributed by atoms with Gasteiger partial charge in [-0.2, -0.15) is 0 Å². The summed E-state index contributed by atoms with van der Waals surface area (Å²) < 4.78 is 0. The summed E-state index contributed by atoms with van der Waals surface area (Å²) in [6.07, 6.45) is 3.64. The lowest BCUT2D eigenvalue weighted by Crippen LogP contribution is -2.03. The second-order valence-electron chi connectivity index (χ2n) is 4.59. The van der Waals surface area contributed by atoms with Gasteiger partial charge >= 0.3 is 0 Å². The van der Waals surface area contributed by atoms with Gasteiger partial charge in [0, 0.05) is 37.0 Å². The molecular formula is C14H18N4. The van der Waals surface area contributed by atoms with Crippen molar-refractivity contribution in [2.75, 3.05) is 12.4 Å². The average Bonchev–Trinajstić information content (AvgIpc) is 2.38. The van der Waals surface area contributed by atoms with Crippen molar-refractivity contribution in [1.82, 2.24) is 15.0 Å². The molecule has 0 saturated carbocycles. The Morgan fingerprint density at radius 2 is 2.00 bits per heavy atom. The Morgan fingerprint density at radius 1 is 1.22 bits per heavy atom. The SMILES string of the molecule is CNc1cc(-c2cnccc2C)nc(C(C)C)n1. The van der Waals surface area contributed by atoms with Gasteiger partial charge in [-0.3, -0.25) is 4.98 Å². The van der Waals surface area contributed by atoms with Crippen molar-refractivity contribution < 1.29 is 0 Å². The fraction of sp³-hybridized carbons (Fsp3) is 0.357. The summed E-state index contributed by atoms with van der Waals surface area (Å²) in [7, 11) is 1.87. The van der Waals surface area contributed by atoms with Crippen LogP contribution in [0.15, 0.2) is 24.5 Å². The number of hydrogen-bond donors (Lipinski definition) is 1. The largest absolute Gasteiger partial charge is 0.373 e. The van der Waals surface area contributed by atoms with E-state index < -0.39 is 0 Å². The molecule has 0 aromatic carbocycles. The van der Waals surface area contributed by atoms with Gasteiger partial charge in [0.05, 0.1) is 5.69 Å². The Morgan fingerprint density at radius 3 is 2.61 bits per heavy atom. The zero-order valence-electron chi connectivity index (χ0n) is 11.2. The summed E-state index contributed by atoms with van der Waals surface area (Å²) in [5, 5.41) is 3.08. The summed E-state index contributed by atoms with van der Waals surface area (Å²) in [6.45, 7) is 6.25. The third kappa shape index (κ3) is 2.47. The van der Waals surface area contributed by atoms with Gasteiger partial charge in [0.1, 0.15) is 11.6 Å². The Balaban J connectivity index is 2.57. The maximum Gasteiger partial charge on any atom is 0.133 e. The van der Waals surface area contributed by atoms with Gasteiger partial charge in [0.25, 0.3) is 0 Å². The van der Waals surface area contributed by atoms with Crippen molar-refractivity contribution in [3.63, 3.8) is 0 Å². The van der Waals surface area contributed by atoms with Crippen LogP contribution in [0.5, 0.6) is 0 Å². The molecule has 0 aliphatic heterocycles. The highest BCUT2D eigenvalue weighted by molar-refractivity contribution is 5.65. The second-order valence-corrected chi connectivity index (χ2v) is 4.59. The van der Waals surface area contributed by atoms with Gasteiger partial charge in [-0.25, -0.2) is 9.97 Å². The van der Waals surface area contributed by atoms with E-state index in [2.05, 4.69) is 41.0 Å². The minimum Gasteiger partial charge on any atom is -0.373 e. The van der Waals surface area contributed by atoms with E-state index in [0.29, 0.717) is 5.92 Å². The molecule has 2 aromatic heterocycles. The standard InChI is InChI=1S/C14H18N4/c1-9(2)14-17-12(7-13(15-4)18-14)11-8-16-6-5-10(11)3/h5-9H,1-4H3,(H,15,17,18). The summed E-state index contributed by atoms with van der Waals surface area (Å²) in [6, 6.07) is 3.95. The molecule has 1 N–H and O–H groups in total. The first kappa shape index (κ1) is 12.5. The smallest absolute Gasteiger partial charge is 0.133 e. The number of hydrogen-bond acceptors (Lipinski definition) is 4. The first-order valence-corrected chi connectivity index (χ1v) is 6.09. The predicted molar refractivity (Wildman–Crippen MR) is 73.6 cm³/mol. The Bertz CT molecular complexity index is 549. The highest BCUT2D eigenvalue weighted by Crippen LogP contribution is 2.24. The number of nitrogens with zero attached hydrogens (tertiary/aromatic N) is 3. The average molecular weight is 242 g/mol. The molecule has 0 aliphatic carbocycles. The van der Waals surface area contributed by atoms with Crippen LogP contribution in [0, 0.1) is 6.92 Å². The molecule has 0 spiro atoms. The fourth-order valence-electron chi connectivity index (χ4n) is 1.72. The maximum absolute atomic E-state index is 4.62. The molecule has 0 bridgehead atoms. The Labute approximate surface area is 108 Å². The number of nitrogens with one attached hydrogen (secondary N) is 1. The third-order valence-electron chi connectivity index (χ3n) is 2.83. The molecule has 0 aliphatic rings. The van der Waals surface area contributed by atoms with Gasteiger partial charge in [-0.15, -0.1) is 0 Å². The number of pyridine rings is 1. The minimum atomic E-state index is 0.300. The zero-order valence-corrected chi connectivity index (χ0v) is 11.2. The van der Waals surface area contributed by atoms with Gasteiger partial charge in [-0.1, -0.05) is 13.8 Å². The van der Waals surface area contributed by atoms with Crippen molar-refractivity contribution in [3.8, 4) is 11.3 Å². The van der Waals surface area contributed by atoms with Crippen molar-refractivity contribution in [2.24, 2.45) is 0 Å². The molecule has 0 saturated heterocycles. The Kier molecular flexibility index (Phi) is 3.55. The molecule has 0 fully saturated rings. The topological polar surface area (TPSA) is 50.7 Å². The van der Waals surface area contributed by atoms with Gasteiger partial charge in [-0.05, 0) is 18.6 Å². The van der Waals surface area contributed by atoms with Crippen molar-refractivity contribution >= 4 is 5.82 Å².